The maximum absolute atomic E-state index is 13.3. The number of anilines is 1. The van der Waals surface area contributed by atoms with Crippen LogP contribution < -0.4 is 10.8 Å². The SMILES string of the molecule is O=C(Nc1cc2c(s1)S(=O)(=O)N([C@@H](C(=O)NO)c1ccccc1)C2)c1ccc(-n2cccn2)cc1. The van der Waals surface area contributed by atoms with Gasteiger partial charge in [0, 0.05) is 30.1 Å². The van der Waals surface area contributed by atoms with E-state index in [2.05, 4.69) is 10.4 Å². The molecule has 178 valence electrons. The molecule has 5 rings (SSSR count). The Balaban J connectivity index is 1.36. The molecule has 0 fully saturated rings. The quantitative estimate of drug-likeness (QED) is 0.270. The zero-order chi connectivity index (χ0) is 24.6. The molecule has 3 heterocycles. The highest BCUT2D eigenvalue weighted by atomic mass is 32.2. The lowest BCUT2D eigenvalue weighted by atomic mass is 10.1. The first-order valence-electron chi connectivity index (χ1n) is 10.4. The molecule has 0 bridgehead atoms. The van der Waals surface area contributed by atoms with Crippen molar-refractivity contribution in [3.63, 3.8) is 0 Å². The van der Waals surface area contributed by atoms with E-state index < -0.39 is 22.0 Å². The molecule has 12 heteroatoms. The van der Waals surface area contributed by atoms with E-state index in [9.17, 15) is 23.2 Å². The summed E-state index contributed by atoms with van der Waals surface area (Å²) in [6.45, 7) is -0.0738. The van der Waals surface area contributed by atoms with Gasteiger partial charge in [0.25, 0.3) is 21.8 Å². The largest absolute Gasteiger partial charge is 0.314 e. The lowest BCUT2D eigenvalue weighted by Crippen LogP contribution is -2.39. The van der Waals surface area contributed by atoms with E-state index in [-0.39, 0.29) is 16.7 Å². The highest BCUT2D eigenvalue weighted by Crippen LogP contribution is 2.43. The Morgan fingerprint density at radius 3 is 2.43 bits per heavy atom. The number of sulfonamides is 1. The number of nitrogens with one attached hydrogen (secondary N) is 2. The minimum absolute atomic E-state index is 0.0495. The van der Waals surface area contributed by atoms with Crippen LogP contribution in [0.5, 0.6) is 0 Å². The standard InChI is InChI=1S/C23H19N5O5S2/c29-21(16-7-9-18(10-8-16)27-12-4-11-24-27)25-19-13-17-14-28(35(32,33)23(17)34-19)20(22(30)26-31)15-5-2-1-3-6-15/h1-13,20,31H,14H2,(H,25,29)(H,26,30)/t20-/m1/s1. The summed E-state index contributed by atoms with van der Waals surface area (Å²) in [6, 6.07) is 17.3. The number of benzene rings is 2. The van der Waals surface area contributed by atoms with Gasteiger partial charge in [-0.25, -0.2) is 18.6 Å². The summed E-state index contributed by atoms with van der Waals surface area (Å²) in [4.78, 5) is 25.1. The number of rotatable bonds is 6. The molecule has 10 nitrogen and oxygen atoms in total. The van der Waals surface area contributed by atoms with Crippen molar-refractivity contribution in [1.82, 2.24) is 19.6 Å². The van der Waals surface area contributed by atoms with E-state index >= 15 is 0 Å². The molecule has 2 amide bonds. The number of carbonyl (C=O) groups excluding carboxylic acids is 2. The molecule has 1 atom stereocenters. The fourth-order valence-electron chi connectivity index (χ4n) is 3.91. The van der Waals surface area contributed by atoms with Crippen molar-refractivity contribution in [2.45, 2.75) is 16.8 Å². The molecule has 2 aromatic carbocycles. The third-order valence-corrected chi connectivity index (χ3v) is 8.99. The number of hydroxylamine groups is 1. The summed E-state index contributed by atoms with van der Waals surface area (Å²) in [7, 11) is -4.04. The van der Waals surface area contributed by atoms with E-state index in [1.54, 1.807) is 89.3 Å². The Labute approximate surface area is 204 Å². The van der Waals surface area contributed by atoms with Gasteiger partial charge in [0.05, 0.1) is 10.7 Å². The molecular formula is C23H19N5O5S2. The first-order valence-corrected chi connectivity index (χ1v) is 12.7. The fourth-order valence-corrected chi connectivity index (χ4v) is 7.16. The molecule has 2 aromatic heterocycles. The fraction of sp³-hybridized carbons (Fsp3) is 0.0870. The van der Waals surface area contributed by atoms with Gasteiger partial charge in [-0.2, -0.15) is 9.40 Å². The summed E-state index contributed by atoms with van der Waals surface area (Å²) in [5, 5.41) is 16.5. The smallest absolute Gasteiger partial charge is 0.266 e. The number of nitrogens with zero attached hydrogens (tertiary/aromatic N) is 3. The number of thiophene rings is 1. The predicted molar refractivity (Wildman–Crippen MR) is 128 cm³/mol. The van der Waals surface area contributed by atoms with E-state index in [0.29, 0.717) is 21.7 Å². The van der Waals surface area contributed by atoms with Crippen molar-refractivity contribution in [2.75, 3.05) is 5.32 Å². The summed E-state index contributed by atoms with van der Waals surface area (Å²) in [5.74, 6) is -1.24. The Bertz CT molecular complexity index is 1480. The molecule has 4 aromatic rings. The van der Waals surface area contributed by atoms with Crippen LogP contribution in [0.4, 0.5) is 5.00 Å². The monoisotopic (exact) mass is 509 g/mol. The van der Waals surface area contributed by atoms with Crippen molar-refractivity contribution in [2.24, 2.45) is 0 Å². The third kappa shape index (κ3) is 4.23. The number of amides is 2. The number of fused-ring (bicyclic) bond motifs is 1. The van der Waals surface area contributed by atoms with E-state index in [1.807, 2.05) is 0 Å². The molecule has 35 heavy (non-hydrogen) atoms. The van der Waals surface area contributed by atoms with E-state index in [1.165, 1.54) is 0 Å². The molecule has 0 unspecified atom stereocenters. The maximum Gasteiger partial charge on any atom is 0.266 e. The van der Waals surface area contributed by atoms with Crippen molar-refractivity contribution >= 4 is 38.2 Å². The Hall–Kier alpha value is -3.84. The van der Waals surface area contributed by atoms with Gasteiger partial charge in [-0.3, -0.25) is 14.8 Å². The second-order valence-electron chi connectivity index (χ2n) is 7.71. The van der Waals surface area contributed by atoms with Crippen molar-refractivity contribution in [3.05, 3.63) is 95.8 Å². The predicted octanol–water partition coefficient (Wildman–Crippen LogP) is 2.94. The van der Waals surface area contributed by atoms with E-state index in [0.717, 1.165) is 21.3 Å². The highest BCUT2D eigenvalue weighted by Gasteiger charge is 2.44. The van der Waals surface area contributed by atoms with Crippen LogP contribution in [0.25, 0.3) is 5.69 Å². The van der Waals surface area contributed by atoms with Crippen LogP contribution in [-0.2, 0) is 21.4 Å². The van der Waals surface area contributed by atoms with Crippen molar-refractivity contribution in [3.8, 4) is 5.69 Å². The lowest BCUT2D eigenvalue weighted by molar-refractivity contribution is -0.133. The average Bonchev–Trinajstić information content (AvgIpc) is 3.59. The molecular weight excluding hydrogens is 490 g/mol. The van der Waals surface area contributed by atoms with Crippen LogP contribution in [0.3, 0.4) is 0 Å². The Morgan fingerprint density at radius 2 is 1.80 bits per heavy atom. The first kappa shape index (κ1) is 22.9. The lowest BCUT2D eigenvalue weighted by Gasteiger charge is -2.25. The Kier molecular flexibility index (Phi) is 5.94. The topological polar surface area (TPSA) is 134 Å². The third-order valence-electron chi connectivity index (χ3n) is 5.54. The Morgan fingerprint density at radius 1 is 1.06 bits per heavy atom. The van der Waals surface area contributed by atoms with E-state index in [4.69, 9.17) is 0 Å². The molecule has 0 aliphatic carbocycles. The first-order chi connectivity index (χ1) is 16.9. The number of hydrogen-bond donors (Lipinski definition) is 3. The van der Waals surface area contributed by atoms with Crippen LogP contribution in [0.15, 0.2) is 83.3 Å². The summed E-state index contributed by atoms with van der Waals surface area (Å²) in [5.41, 5.74) is 3.65. The summed E-state index contributed by atoms with van der Waals surface area (Å²) >= 11 is 0.919. The van der Waals surface area contributed by atoms with Crippen LogP contribution in [0.2, 0.25) is 0 Å². The molecule has 0 saturated heterocycles. The zero-order valence-corrected chi connectivity index (χ0v) is 19.7. The van der Waals surface area contributed by atoms with Gasteiger partial charge in [-0.05, 0) is 42.0 Å². The van der Waals surface area contributed by atoms with Gasteiger partial charge in [-0.15, -0.1) is 11.3 Å². The van der Waals surface area contributed by atoms with Crippen molar-refractivity contribution < 1.29 is 23.2 Å². The summed E-state index contributed by atoms with van der Waals surface area (Å²) < 4.78 is 29.3. The van der Waals surface area contributed by atoms with Gasteiger partial charge >= 0.3 is 0 Å². The number of hydrogen-bond acceptors (Lipinski definition) is 7. The summed E-state index contributed by atoms with van der Waals surface area (Å²) in [6.07, 6.45) is 3.45. The normalized spacial score (nSPS) is 15.3. The van der Waals surface area contributed by atoms with Gasteiger partial charge < -0.3 is 5.32 Å². The number of carbonyl (C=O) groups is 2. The molecule has 3 N–H and O–H groups in total. The minimum Gasteiger partial charge on any atom is -0.314 e. The van der Waals surface area contributed by atoms with Crippen LogP contribution >= 0.6 is 11.3 Å². The van der Waals surface area contributed by atoms with Crippen molar-refractivity contribution in [1.29, 1.82) is 0 Å². The van der Waals surface area contributed by atoms with Crippen LogP contribution in [0, 0.1) is 0 Å². The second-order valence-corrected chi connectivity index (χ2v) is 10.9. The molecule has 1 aliphatic rings. The van der Waals surface area contributed by atoms with Crippen LogP contribution in [0.1, 0.15) is 27.5 Å². The molecule has 0 spiro atoms. The highest BCUT2D eigenvalue weighted by molar-refractivity contribution is 7.91. The number of aromatic nitrogens is 2. The van der Waals surface area contributed by atoms with Gasteiger partial charge in [0.15, 0.2) is 0 Å². The van der Waals surface area contributed by atoms with Gasteiger partial charge in [-0.1, -0.05) is 30.3 Å². The van der Waals surface area contributed by atoms with Gasteiger partial charge in [0.1, 0.15) is 10.3 Å². The molecule has 0 saturated carbocycles. The van der Waals surface area contributed by atoms with Crippen LogP contribution in [-0.4, -0.2) is 39.5 Å². The zero-order valence-electron chi connectivity index (χ0n) is 18.0. The molecule has 0 radical (unpaired) electrons. The molecule has 1 aliphatic heterocycles. The second kappa shape index (κ2) is 9.07. The minimum atomic E-state index is -4.04. The maximum atomic E-state index is 13.3. The average molecular weight is 510 g/mol. The van der Waals surface area contributed by atoms with Gasteiger partial charge in [0.2, 0.25) is 0 Å².